The molecule has 0 spiro atoms. The van der Waals surface area contributed by atoms with E-state index in [1.165, 1.54) is 24.5 Å². The van der Waals surface area contributed by atoms with Crippen LogP contribution in [0.2, 0.25) is 0 Å². The number of anilines is 4. The average Bonchev–Trinajstić information content (AvgIpc) is 2.58. The topological polar surface area (TPSA) is 93.0 Å². The number of hydrogen-bond acceptors (Lipinski definition) is 6. The Balaban J connectivity index is 1.99. The van der Waals surface area contributed by atoms with Crippen molar-refractivity contribution in [3.63, 3.8) is 0 Å². The maximum atomic E-state index is 13.8. The van der Waals surface area contributed by atoms with Crippen LogP contribution >= 0.6 is 0 Å². The van der Waals surface area contributed by atoms with Crippen LogP contribution in [0.25, 0.3) is 0 Å². The van der Waals surface area contributed by atoms with Gasteiger partial charge in [-0.05, 0) is 24.3 Å². The summed E-state index contributed by atoms with van der Waals surface area (Å²) in [7, 11) is 0. The van der Waals surface area contributed by atoms with E-state index in [-0.39, 0.29) is 23.0 Å². The van der Waals surface area contributed by atoms with Gasteiger partial charge in [-0.1, -0.05) is 30.3 Å². The monoisotopic (exact) mass is 325 g/mol. The first-order chi connectivity index (χ1) is 11.6. The van der Waals surface area contributed by atoms with Gasteiger partial charge in [0.15, 0.2) is 0 Å². The summed E-state index contributed by atoms with van der Waals surface area (Å²) in [5.41, 5.74) is 0.353. The Morgan fingerprint density at radius 1 is 0.917 bits per heavy atom. The molecule has 8 heteroatoms. The van der Waals surface area contributed by atoms with Crippen molar-refractivity contribution in [2.24, 2.45) is 0 Å². The van der Waals surface area contributed by atoms with E-state index in [0.29, 0.717) is 5.69 Å². The Hall–Kier alpha value is -3.55. The highest BCUT2D eigenvalue weighted by atomic mass is 19.1. The van der Waals surface area contributed by atoms with Crippen molar-refractivity contribution in [1.29, 1.82) is 0 Å². The van der Waals surface area contributed by atoms with Crippen molar-refractivity contribution < 1.29 is 9.31 Å². The van der Waals surface area contributed by atoms with Gasteiger partial charge in [-0.3, -0.25) is 10.1 Å². The molecule has 1 aromatic heterocycles. The maximum absolute atomic E-state index is 13.8. The third-order valence-corrected chi connectivity index (χ3v) is 3.17. The minimum atomic E-state index is -0.617. The van der Waals surface area contributed by atoms with Crippen LogP contribution in [0.5, 0.6) is 0 Å². The van der Waals surface area contributed by atoms with Crippen molar-refractivity contribution in [3.8, 4) is 0 Å². The number of nitrogens with zero attached hydrogens (tertiary/aromatic N) is 3. The highest BCUT2D eigenvalue weighted by molar-refractivity contribution is 5.76. The number of halogens is 1. The summed E-state index contributed by atoms with van der Waals surface area (Å²) in [6, 6.07) is 14.7. The number of nitrogens with one attached hydrogen (secondary N) is 2. The Kier molecular flexibility index (Phi) is 4.28. The Morgan fingerprint density at radius 2 is 1.54 bits per heavy atom. The molecule has 0 saturated carbocycles. The first-order valence-electron chi connectivity index (χ1n) is 6.98. The lowest BCUT2D eigenvalue weighted by Crippen LogP contribution is -2.06. The van der Waals surface area contributed by atoms with Crippen LogP contribution in [0.15, 0.2) is 60.9 Å². The van der Waals surface area contributed by atoms with E-state index in [1.54, 1.807) is 30.3 Å². The van der Waals surface area contributed by atoms with Crippen LogP contribution in [-0.2, 0) is 0 Å². The van der Waals surface area contributed by atoms with E-state index in [0.717, 1.165) is 0 Å². The van der Waals surface area contributed by atoms with Crippen molar-refractivity contribution in [1.82, 2.24) is 9.97 Å². The summed E-state index contributed by atoms with van der Waals surface area (Å²) < 4.78 is 13.8. The minimum Gasteiger partial charge on any atom is -0.334 e. The molecule has 0 radical (unpaired) electrons. The molecular formula is C16H12FN5O2. The molecule has 3 rings (SSSR count). The second kappa shape index (κ2) is 6.69. The number of rotatable bonds is 5. The van der Waals surface area contributed by atoms with Gasteiger partial charge in [0.2, 0.25) is 11.6 Å². The van der Waals surface area contributed by atoms with Crippen molar-refractivity contribution in [2.45, 2.75) is 0 Å². The average molecular weight is 325 g/mol. The normalized spacial score (nSPS) is 10.2. The molecule has 7 nitrogen and oxygen atoms in total. The second-order valence-corrected chi connectivity index (χ2v) is 4.77. The summed E-state index contributed by atoms with van der Waals surface area (Å²) in [6.07, 6.45) is 1.17. The van der Waals surface area contributed by atoms with Gasteiger partial charge in [0.05, 0.1) is 10.6 Å². The van der Waals surface area contributed by atoms with Gasteiger partial charge in [0, 0.05) is 5.69 Å². The zero-order valence-corrected chi connectivity index (χ0v) is 12.3. The van der Waals surface area contributed by atoms with Gasteiger partial charge in [-0.15, -0.1) is 0 Å². The third kappa shape index (κ3) is 3.27. The predicted octanol–water partition coefficient (Wildman–Crippen LogP) is 4.01. The predicted molar refractivity (Wildman–Crippen MR) is 88.1 cm³/mol. The van der Waals surface area contributed by atoms with Crippen LogP contribution in [0.3, 0.4) is 0 Å². The number of benzene rings is 2. The van der Waals surface area contributed by atoms with E-state index in [9.17, 15) is 14.5 Å². The van der Waals surface area contributed by atoms with E-state index in [1.807, 2.05) is 6.07 Å². The van der Waals surface area contributed by atoms with Gasteiger partial charge in [-0.25, -0.2) is 14.4 Å². The molecule has 24 heavy (non-hydrogen) atoms. The summed E-state index contributed by atoms with van der Waals surface area (Å²) in [5.74, 6) is -0.624. The van der Waals surface area contributed by atoms with E-state index in [2.05, 4.69) is 20.6 Å². The van der Waals surface area contributed by atoms with Gasteiger partial charge >= 0.3 is 5.69 Å². The molecule has 0 aliphatic heterocycles. The summed E-state index contributed by atoms with van der Waals surface area (Å²) in [4.78, 5) is 18.6. The van der Waals surface area contributed by atoms with Crippen LogP contribution in [0, 0.1) is 15.9 Å². The summed E-state index contributed by atoms with van der Waals surface area (Å²) >= 11 is 0. The van der Waals surface area contributed by atoms with Crippen molar-refractivity contribution in [2.75, 3.05) is 10.6 Å². The Labute approximate surface area is 136 Å². The lowest BCUT2D eigenvalue weighted by atomic mass is 10.3. The maximum Gasteiger partial charge on any atom is 0.353 e. The molecule has 3 aromatic rings. The fourth-order valence-electron chi connectivity index (χ4n) is 2.08. The van der Waals surface area contributed by atoms with Crippen LogP contribution in [0.1, 0.15) is 0 Å². The molecule has 2 aromatic carbocycles. The van der Waals surface area contributed by atoms with Gasteiger partial charge in [0.1, 0.15) is 12.1 Å². The number of para-hydroxylation sites is 2. The zero-order chi connectivity index (χ0) is 16.9. The molecular weight excluding hydrogens is 313 g/mol. The standard InChI is InChI=1S/C16H12FN5O2/c17-12-8-4-5-9-13(12)21-16-14(22(23)24)15(18-10-19-16)20-11-6-2-1-3-7-11/h1-10H,(H2,18,19,20,21). The van der Waals surface area contributed by atoms with E-state index >= 15 is 0 Å². The molecule has 0 unspecified atom stereocenters. The molecule has 0 bridgehead atoms. The van der Waals surface area contributed by atoms with Gasteiger partial charge in [0.25, 0.3) is 0 Å². The molecule has 0 amide bonds. The van der Waals surface area contributed by atoms with Gasteiger partial charge in [-0.2, -0.15) is 0 Å². The zero-order valence-electron chi connectivity index (χ0n) is 12.3. The lowest BCUT2D eigenvalue weighted by Gasteiger charge is -2.10. The number of nitro groups is 1. The highest BCUT2D eigenvalue weighted by Gasteiger charge is 2.23. The van der Waals surface area contributed by atoms with Crippen LogP contribution < -0.4 is 10.6 Å². The Bertz CT molecular complexity index is 873. The Morgan fingerprint density at radius 3 is 2.21 bits per heavy atom. The fraction of sp³-hybridized carbons (Fsp3) is 0. The smallest absolute Gasteiger partial charge is 0.334 e. The quantitative estimate of drug-likeness (QED) is 0.544. The van der Waals surface area contributed by atoms with Gasteiger partial charge < -0.3 is 10.6 Å². The SMILES string of the molecule is O=[N+]([O-])c1c(Nc2ccccc2)ncnc1Nc1ccccc1F. The molecule has 0 atom stereocenters. The van der Waals surface area contributed by atoms with E-state index in [4.69, 9.17) is 0 Å². The first kappa shape index (κ1) is 15.3. The van der Waals surface area contributed by atoms with Crippen LogP contribution in [-0.4, -0.2) is 14.9 Å². The lowest BCUT2D eigenvalue weighted by molar-refractivity contribution is -0.383. The second-order valence-electron chi connectivity index (χ2n) is 4.77. The largest absolute Gasteiger partial charge is 0.353 e. The van der Waals surface area contributed by atoms with E-state index < -0.39 is 10.7 Å². The first-order valence-corrected chi connectivity index (χ1v) is 6.98. The summed E-state index contributed by atoms with van der Waals surface area (Å²) in [5, 5.41) is 17.0. The van der Waals surface area contributed by atoms with Crippen LogP contribution in [0.4, 0.5) is 33.1 Å². The third-order valence-electron chi connectivity index (χ3n) is 3.17. The summed E-state index contributed by atoms with van der Waals surface area (Å²) in [6.45, 7) is 0. The fourth-order valence-corrected chi connectivity index (χ4v) is 2.08. The minimum absolute atomic E-state index is 0.0139. The molecule has 0 fully saturated rings. The molecule has 0 aliphatic rings. The molecule has 120 valence electrons. The molecule has 0 aliphatic carbocycles. The van der Waals surface area contributed by atoms with Crippen molar-refractivity contribution >= 4 is 28.7 Å². The van der Waals surface area contributed by atoms with Crippen molar-refractivity contribution in [3.05, 3.63) is 76.9 Å². The molecule has 1 heterocycles. The number of hydrogen-bond donors (Lipinski definition) is 2. The number of aromatic nitrogens is 2. The molecule has 2 N–H and O–H groups in total. The molecule has 0 saturated heterocycles. The highest BCUT2D eigenvalue weighted by Crippen LogP contribution is 2.33.